The molecule has 0 unspecified atom stereocenters. The van der Waals surface area contributed by atoms with Crippen LogP contribution in [0.5, 0.6) is 0 Å². The Morgan fingerprint density at radius 3 is 2.88 bits per heavy atom. The van der Waals surface area contributed by atoms with Gasteiger partial charge in [0.05, 0.1) is 5.92 Å². The summed E-state index contributed by atoms with van der Waals surface area (Å²) in [6, 6.07) is 3.66. The molecule has 24 heavy (non-hydrogen) atoms. The fourth-order valence-corrected chi connectivity index (χ4v) is 3.02. The fraction of sp³-hybridized carbons (Fsp3) is 0.412. The van der Waals surface area contributed by atoms with Crippen LogP contribution >= 0.6 is 0 Å². The van der Waals surface area contributed by atoms with Crippen LogP contribution in [0.25, 0.3) is 0 Å². The molecule has 1 saturated heterocycles. The number of hydrogen-bond donors (Lipinski definition) is 0. The second-order valence-corrected chi connectivity index (χ2v) is 6.03. The molecule has 2 heterocycles. The first-order valence-corrected chi connectivity index (χ1v) is 7.75. The maximum Gasteiger partial charge on any atom is 0.228 e. The summed E-state index contributed by atoms with van der Waals surface area (Å²) in [7, 11) is 3.51. The van der Waals surface area contributed by atoms with Gasteiger partial charge in [0, 0.05) is 39.6 Å². The van der Waals surface area contributed by atoms with E-state index in [1.807, 2.05) is 17.8 Å². The average Bonchev–Trinajstić information content (AvgIpc) is 3.18. The zero-order valence-electron chi connectivity index (χ0n) is 13.6. The third kappa shape index (κ3) is 3.17. The van der Waals surface area contributed by atoms with Gasteiger partial charge in [0.25, 0.3) is 0 Å². The maximum absolute atomic E-state index is 13.3. The monoisotopic (exact) mass is 335 g/mol. The lowest BCUT2D eigenvalue weighted by atomic mass is 9.99. The second kappa shape index (κ2) is 6.68. The van der Waals surface area contributed by atoms with E-state index in [4.69, 9.17) is 4.74 Å². The molecule has 0 aliphatic carbocycles. The summed E-state index contributed by atoms with van der Waals surface area (Å²) >= 11 is 0. The van der Waals surface area contributed by atoms with Crippen LogP contribution in [0, 0.1) is 17.6 Å². The van der Waals surface area contributed by atoms with Crippen molar-refractivity contribution in [3.8, 4) is 0 Å². The van der Waals surface area contributed by atoms with Gasteiger partial charge < -0.3 is 14.2 Å². The average molecular weight is 335 g/mol. The van der Waals surface area contributed by atoms with Gasteiger partial charge in [0.15, 0.2) is 11.6 Å². The molecule has 1 fully saturated rings. The number of hydrogen-bond acceptors (Lipinski definition) is 3. The second-order valence-electron chi connectivity index (χ2n) is 6.03. The van der Waals surface area contributed by atoms with Crippen molar-refractivity contribution in [2.75, 3.05) is 13.7 Å². The summed E-state index contributed by atoms with van der Waals surface area (Å²) in [5.74, 6) is -1.52. The normalized spacial score (nSPS) is 20.3. The van der Waals surface area contributed by atoms with Gasteiger partial charge in [-0.05, 0) is 24.1 Å². The topological polar surface area (TPSA) is 47.4 Å². The summed E-state index contributed by atoms with van der Waals surface area (Å²) in [5.41, 5.74) is 0.539. The van der Waals surface area contributed by atoms with E-state index < -0.39 is 11.6 Å². The Kier molecular flexibility index (Phi) is 4.62. The Balaban J connectivity index is 1.72. The van der Waals surface area contributed by atoms with Crippen molar-refractivity contribution in [2.45, 2.75) is 19.1 Å². The Morgan fingerprint density at radius 2 is 2.21 bits per heavy atom. The molecule has 1 amide bonds. The number of benzene rings is 1. The Bertz CT molecular complexity index is 747. The van der Waals surface area contributed by atoms with Crippen molar-refractivity contribution in [2.24, 2.45) is 13.0 Å². The van der Waals surface area contributed by atoms with E-state index in [0.29, 0.717) is 24.4 Å². The number of aryl methyl sites for hydroxylation is 1. The number of carbonyl (C=O) groups is 1. The highest BCUT2D eigenvalue weighted by molar-refractivity contribution is 5.79. The van der Waals surface area contributed by atoms with Crippen molar-refractivity contribution in [1.29, 1.82) is 0 Å². The number of amides is 1. The van der Waals surface area contributed by atoms with Crippen LogP contribution in [-0.4, -0.2) is 34.0 Å². The molecule has 0 bridgehead atoms. The molecule has 0 saturated carbocycles. The molecule has 7 heteroatoms. The number of aromatic nitrogens is 2. The first kappa shape index (κ1) is 16.6. The molecular weight excluding hydrogens is 316 g/mol. The van der Waals surface area contributed by atoms with Crippen molar-refractivity contribution in [3.63, 3.8) is 0 Å². The molecule has 0 spiro atoms. The molecule has 1 aliphatic rings. The molecule has 128 valence electrons. The predicted molar refractivity (Wildman–Crippen MR) is 82.8 cm³/mol. The van der Waals surface area contributed by atoms with Gasteiger partial charge in [0.2, 0.25) is 5.91 Å². The van der Waals surface area contributed by atoms with Crippen LogP contribution in [-0.2, 0) is 23.1 Å². The van der Waals surface area contributed by atoms with Gasteiger partial charge in [0.1, 0.15) is 11.9 Å². The van der Waals surface area contributed by atoms with Crippen LogP contribution in [0.15, 0.2) is 30.6 Å². The number of nitrogens with zero attached hydrogens (tertiary/aromatic N) is 3. The lowest BCUT2D eigenvalue weighted by Crippen LogP contribution is -2.34. The largest absolute Gasteiger partial charge is 0.369 e. The van der Waals surface area contributed by atoms with Gasteiger partial charge >= 0.3 is 0 Å². The molecule has 1 aromatic carbocycles. The van der Waals surface area contributed by atoms with E-state index in [-0.39, 0.29) is 24.5 Å². The van der Waals surface area contributed by atoms with Gasteiger partial charge in [-0.3, -0.25) is 4.79 Å². The summed E-state index contributed by atoms with van der Waals surface area (Å²) in [4.78, 5) is 18.5. The van der Waals surface area contributed by atoms with Crippen LogP contribution in [0.2, 0.25) is 0 Å². The number of imidazole rings is 1. The molecule has 2 atom stereocenters. The first-order chi connectivity index (χ1) is 11.5. The minimum atomic E-state index is -0.913. The Labute approximate surface area is 138 Å². The highest BCUT2D eigenvalue weighted by Crippen LogP contribution is 2.34. The zero-order valence-corrected chi connectivity index (χ0v) is 13.6. The number of rotatable bonds is 4. The standard InChI is InChI=1S/C17H19F2N3O2/c1-21-7-6-20-16(21)15-12(5-8-24-15)17(23)22(2)10-11-3-4-13(18)14(19)9-11/h3-4,6-7,9,12,15H,5,8,10H2,1-2H3/t12-,15-/m1/s1. The van der Waals surface area contributed by atoms with Crippen LogP contribution in [0.4, 0.5) is 8.78 Å². The molecule has 0 radical (unpaired) electrons. The highest BCUT2D eigenvalue weighted by atomic mass is 19.2. The van der Waals surface area contributed by atoms with E-state index in [1.165, 1.54) is 11.0 Å². The third-order valence-electron chi connectivity index (χ3n) is 4.30. The molecule has 1 aliphatic heterocycles. The van der Waals surface area contributed by atoms with Crippen molar-refractivity contribution in [1.82, 2.24) is 14.5 Å². The lowest BCUT2D eigenvalue weighted by Gasteiger charge is -2.24. The number of ether oxygens (including phenoxy) is 1. The number of halogens is 2. The van der Waals surface area contributed by atoms with E-state index in [2.05, 4.69) is 4.98 Å². The van der Waals surface area contributed by atoms with Gasteiger partial charge in [-0.25, -0.2) is 13.8 Å². The molecule has 3 rings (SSSR count). The van der Waals surface area contributed by atoms with Crippen LogP contribution in [0.3, 0.4) is 0 Å². The molecular formula is C17H19F2N3O2. The van der Waals surface area contributed by atoms with E-state index in [0.717, 1.165) is 12.1 Å². The van der Waals surface area contributed by atoms with Gasteiger partial charge in [-0.1, -0.05) is 6.07 Å². The molecule has 5 nitrogen and oxygen atoms in total. The third-order valence-corrected chi connectivity index (χ3v) is 4.30. The quantitative estimate of drug-likeness (QED) is 0.862. The first-order valence-electron chi connectivity index (χ1n) is 7.75. The Morgan fingerprint density at radius 1 is 1.42 bits per heavy atom. The van der Waals surface area contributed by atoms with Crippen molar-refractivity contribution < 1.29 is 18.3 Å². The summed E-state index contributed by atoms with van der Waals surface area (Å²) in [6.07, 6.45) is 3.70. The summed E-state index contributed by atoms with van der Waals surface area (Å²) < 4.78 is 33.9. The molecule has 2 aromatic rings. The van der Waals surface area contributed by atoms with Crippen LogP contribution < -0.4 is 0 Å². The van der Waals surface area contributed by atoms with Crippen molar-refractivity contribution >= 4 is 5.91 Å². The maximum atomic E-state index is 13.3. The smallest absolute Gasteiger partial charge is 0.228 e. The summed E-state index contributed by atoms with van der Waals surface area (Å²) in [6.45, 7) is 0.701. The minimum absolute atomic E-state index is 0.0924. The SMILES string of the molecule is CN(Cc1ccc(F)c(F)c1)C(=O)[C@@H]1CCO[C@H]1c1nccn1C. The van der Waals surface area contributed by atoms with Crippen LogP contribution in [0.1, 0.15) is 23.9 Å². The van der Waals surface area contributed by atoms with E-state index in [9.17, 15) is 13.6 Å². The van der Waals surface area contributed by atoms with Gasteiger partial charge in [-0.15, -0.1) is 0 Å². The Hall–Kier alpha value is -2.28. The lowest BCUT2D eigenvalue weighted by molar-refractivity contribution is -0.136. The summed E-state index contributed by atoms with van der Waals surface area (Å²) in [5, 5.41) is 0. The van der Waals surface area contributed by atoms with E-state index >= 15 is 0 Å². The predicted octanol–water partition coefficient (Wildman–Crippen LogP) is 2.43. The number of carbonyl (C=O) groups excluding carboxylic acids is 1. The molecule has 0 N–H and O–H groups in total. The van der Waals surface area contributed by atoms with E-state index in [1.54, 1.807) is 13.2 Å². The molecule has 1 aromatic heterocycles. The van der Waals surface area contributed by atoms with Crippen molar-refractivity contribution in [3.05, 3.63) is 53.6 Å². The fourth-order valence-electron chi connectivity index (χ4n) is 3.02. The highest BCUT2D eigenvalue weighted by Gasteiger charge is 2.38. The zero-order chi connectivity index (χ0) is 17.3. The minimum Gasteiger partial charge on any atom is -0.369 e. The van der Waals surface area contributed by atoms with Gasteiger partial charge in [-0.2, -0.15) is 0 Å².